The molecule has 0 saturated heterocycles. The highest BCUT2D eigenvalue weighted by atomic mass is 16.5. The van der Waals surface area contributed by atoms with Crippen molar-refractivity contribution in [1.82, 2.24) is 40.0 Å². The van der Waals surface area contributed by atoms with E-state index in [1.807, 2.05) is 6.92 Å². The Morgan fingerprint density at radius 3 is 2.33 bits per heavy atom. The van der Waals surface area contributed by atoms with Gasteiger partial charge in [0.1, 0.15) is 17.6 Å². The van der Waals surface area contributed by atoms with Crippen LogP contribution in [0.2, 0.25) is 0 Å². The Bertz CT molecular complexity index is 1740. The molecule has 3 heterocycles. The van der Waals surface area contributed by atoms with Crippen molar-refractivity contribution in [2.45, 2.75) is 90.8 Å². The van der Waals surface area contributed by atoms with Gasteiger partial charge in [0.25, 0.3) is 17.7 Å². The smallest absolute Gasteiger partial charge is 0.338 e. The van der Waals surface area contributed by atoms with Gasteiger partial charge in [-0.05, 0) is 38.0 Å². The fraction of sp³-hybridized carbons (Fsp3) is 0.545. The molecular formula is C33H46N10O8. The molecule has 0 saturated carbocycles. The predicted molar refractivity (Wildman–Crippen MR) is 186 cm³/mol. The number of nitrogens with two attached hydrogens (primary N) is 2. The maximum absolute atomic E-state index is 14.2. The number of anilines is 1. The van der Waals surface area contributed by atoms with Crippen LogP contribution in [-0.2, 0) is 25.7 Å². The lowest BCUT2D eigenvalue weighted by atomic mass is 10.0. The molecule has 7 N–H and O–H groups in total. The van der Waals surface area contributed by atoms with Crippen LogP contribution in [0.5, 0.6) is 6.01 Å². The van der Waals surface area contributed by atoms with Crippen molar-refractivity contribution in [3.63, 3.8) is 0 Å². The molecule has 0 fully saturated rings. The Hall–Kier alpha value is -5.73. The quantitative estimate of drug-likeness (QED) is 0.0704. The number of ether oxygens (including phenoxy) is 1. The van der Waals surface area contributed by atoms with Crippen molar-refractivity contribution in [2.24, 2.45) is 11.7 Å². The summed E-state index contributed by atoms with van der Waals surface area (Å²) in [4.78, 5) is 98.6. The van der Waals surface area contributed by atoms with Gasteiger partial charge in [0.2, 0.25) is 11.8 Å². The molecular weight excluding hydrogens is 664 g/mol. The minimum Gasteiger partial charge on any atom is -0.463 e. The number of urea groups is 1. The molecule has 18 heteroatoms. The molecule has 0 aliphatic carbocycles. The van der Waals surface area contributed by atoms with Gasteiger partial charge in [-0.3, -0.25) is 33.4 Å². The van der Waals surface area contributed by atoms with Crippen LogP contribution in [0.1, 0.15) is 76.9 Å². The van der Waals surface area contributed by atoms with Crippen LogP contribution in [0.25, 0.3) is 11.2 Å². The van der Waals surface area contributed by atoms with E-state index in [-0.39, 0.29) is 73.7 Å². The molecule has 0 bridgehead atoms. The van der Waals surface area contributed by atoms with Crippen molar-refractivity contribution in [1.29, 1.82) is 0 Å². The largest absolute Gasteiger partial charge is 0.463 e. The summed E-state index contributed by atoms with van der Waals surface area (Å²) in [5.74, 6) is -0.984. The van der Waals surface area contributed by atoms with Crippen molar-refractivity contribution in [2.75, 3.05) is 25.4 Å². The molecule has 2 aromatic heterocycles. The van der Waals surface area contributed by atoms with E-state index in [0.717, 1.165) is 20.5 Å². The first-order valence-corrected chi connectivity index (χ1v) is 16.9. The number of imidazole rings is 1. The van der Waals surface area contributed by atoms with Crippen molar-refractivity contribution in [3.8, 4) is 18.4 Å². The maximum atomic E-state index is 14.2. The molecule has 2 atom stereocenters. The number of carbonyl (C=O) groups is 6. The Morgan fingerprint density at radius 2 is 1.71 bits per heavy atom. The van der Waals surface area contributed by atoms with E-state index in [1.165, 1.54) is 12.2 Å². The van der Waals surface area contributed by atoms with Gasteiger partial charge < -0.3 is 32.2 Å². The Kier molecular flexibility index (Phi) is 14.7. The monoisotopic (exact) mass is 710 g/mol. The molecule has 0 aromatic carbocycles. The highest BCUT2D eigenvalue weighted by molar-refractivity contribution is 6.12. The molecule has 6 amide bonds. The number of carbonyl (C=O) groups excluding carboxylic acids is 6. The lowest BCUT2D eigenvalue weighted by Crippen LogP contribution is -2.55. The molecule has 1 aliphatic heterocycles. The van der Waals surface area contributed by atoms with Gasteiger partial charge in [-0.15, -0.1) is 6.42 Å². The molecule has 3 rings (SSSR count). The molecule has 276 valence electrons. The van der Waals surface area contributed by atoms with E-state index in [2.05, 4.69) is 31.8 Å². The number of nitrogens with zero attached hydrogens (tertiary/aromatic N) is 5. The van der Waals surface area contributed by atoms with Gasteiger partial charge in [0.15, 0.2) is 11.5 Å². The number of unbranched alkanes of at least 4 members (excludes halogenated alkanes) is 3. The minimum atomic E-state index is -1.33. The molecule has 0 spiro atoms. The maximum Gasteiger partial charge on any atom is 0.338 e. The first-order chi connectivity index (χ1) is 24.3. The van der Waals surface area contributed by atoms with Crippen LogP contribution >= 0.6 is 0 Å². The van der Waals surface area contributed by atoms with E-state index in [9.17, 15) is 33.6 Å². The zero-order valence-electron chi connectivity index (χ0n) is 29.1. The Labute approximate surface area is 294 Å². The van der Waals surface area contributed by atoms with Crippen LogP contribution in [0, 0.1) is 18.3 Å². The normalized spacial score (nSPS) is 13.7. The van der Waals surface area contributed by atoms with Gasteiger partial charge in [0.05, 0.1) is 13.2 Å². The Morgan fingerprint density at radius 1 is 1.00 bits per heavy atom. The van der Waals surface area contributed by atoms with Gasteiger partial charge in [-0.25, -0.2) is 14.2 Å². The molecule has 2 unspecified atom stereocenters. The number of amides is 6. The first-order valence-electron chi connectivity index (χ1n) is 16.9. The summed E-state index contributed by atoms with van der Waals surface area (Å²) in [6.45, 7) is 5.74. The molecule has 0 radical (unpaired) electrons. The second-order valence-corrected chi connectivity index (χ2v) is 12.3. The van der Waals surface area contributed by atoms with Crippen molar-refractivity contribution < 1.29 is 33.5 Å². The van der Waals surface area contributed by atoms with Gasteiger partial charge in [-0.2, -0.15) is 9.97 Å². The molecule has 1 aliphatic rings. The minimum absolute atomic E-state index is 0.0339. The van der Waals surface area contributed by atoms with Crippen molar-refractivity contribution >= 4 is 52.5 Å². The first kappa shape index (κ1) is 39.7. The number of terminal acetylenes is 1. The van der Waals surface area contributed by atoms with Crippen LogP contribution in [0.15, 0.2) is 16.9 Å². The zero-order chi connectivity index (χ0) is 37.7. The fourth-order valence-corrected chi connectivity index (χ4v) is 5.32. The summed E-state index contributed by atoms with van der Waals surface area (Å²) in [5.41, 5.74) is 10.4. The summed E-state index contributed by atoms with van der Waals surface area (Å²) < 4.78 is 7.41. The van der Waals surface area contributed by atoms with Gasteiger partial charge in [-0.1, -0.05) is 39.5 Å². The number of nitrogens with one attached hydrogen (secondary N) is 3. The average molecular weight is 711 g/mol. The third kappa shape index (κ3) is 10.6. The van der Waals surface area contributed by atoms with Crippen LogP contribution < -0.4 is 37.8 Å². The fourth-order valence-electron chi connectivity index (χ4n) is 5.32. The van der Waals surface area contributed by atoms with E-state index in [1.54, 1.807) is 13.8 Å². The number of hydrogen-bond donors (Lipinski definition) is 5. The summed E-state index contributed by atoms with van der Waals surface area (Å²) in [6, 6.07) is -3.28. The predicted octanol–water partition coefficient (Wildman–Crippen LogP) is 0.187. The number of rotatable bonds is 20. The summed E-state index contributed by atoms with van der Waals surface area (Å²) in [6.07, 6.45) is 11.2. The standard InChI is InChI=1S/C33H46N10O8/c1-5-7-19-51-32-39-27(34)26-28(40-32)42(17-6-2)33(50)43(26)30(48)21(12-11-16-36-31(35)49)37-29(47)25(20(3)4)38-22(44)13-9-8-10-18-41-23(45)14-15-24(41)46/h2,14-15,20-21,25H,5,7-13,16-19H2,1,3-4H3,(H,37,47)(H,38,44)(H2,34,39,40)(H3,35,36,49). The highest BCUT2D eigenvalue weighted by Crippen LogP contribution is 2.21. The second kappa shape index (κ2) is 18.9. The Balaban J connectivity index is 1.80. The molecule has 2 aromatic rings. The topological polar surface area (TPSA) is 256 Å². The average Bonchev–Trinajstić information content (AvgIpc) is 3.54. The lowest BCUT2D eigenvalue weighted by Gasteiger charge is -2.25. The summed E-state index contributed by atoms with van der Waals surface area (Å²) >= 11 is 0. The lowest BCUT2D eigenvalue weighted by molar-refractivity contribution is -0.137. The molecule has 18 nitrogen and oxygen atoms in total. The number of fused-ring (bicyclic) bond motifs is 1. The second-order valence-electron chi connectivity index (χ2n) is 12.3. The van der Waals surface area contributed by atoms with Crippen LogP contribution in [0.3, 0.4) is 0 Å². The van der Waals surface area contributed by atoms with Crippen molar-refractivity contribution in [3.05, 3.63) is 22.6 Å². The van der Waals surface area contributed by atoms with E-state index in [4.69, 9.17) is 22.6 Å². The van der Waals surface area contributed by atoms with Gasteiger partial charge >= 0.3 is 17.7 Å². The molecule has 51 heavy (non-hydrogen) atoms. The zero-order valence-corrected chi connectivity index (χ0v) is 29.1. The number of hydrogen-bond acceptors (Lipinski definition) is 11. The number of aromatic nitrogens is 4. The third-order valence-electron chi connectivity index (χ3n) is 8.01. The van der Waals surface area contributed by atoms with E-state index in [0.29, 0.717) is 32.3 Å². The number of imide groups is 1. The summed E-state index contributed by atoms with van der Waals surface area (Å²) in [5, 5.41) is 7.80. The number of primary amides is 1. The highest BCUT2D eigenvalue weighted by Gasteiger charge is 2.33. The van der Waals surface area contributed by atoms with Crippen LogP contribution in [-0.4, -0.2) is 91.3 Å². The van der Waals surface area contributed by atoms with E-state index >= 15 is 0 Å². The SMILES string of the molecule is C#CCn1c(=O)n(C(=O)C(CCCNC(N)=O)NC(=O)C(NC(=O)CCCCCN2C(=O)C=CC2=O)C(C)C)c2c(N)nc(OCCCC)nc21. The third-order valence-corrected chi connectivity index (χ3v) is 8.01. The summed E-state index contributed by atoms with van der Waals surface area (Å²) in [7, 11) is 0. The van der Waals surface area contributed by atoms with E-state index < -0.39 is 47.4 Å². The number of nitrogen functional groups attached to an aromatic ring is 1. The van der Waals surface area contributed by atoms with Gasteiger partial charge in [0, 0.05) is 31.7 Å². The van der Waals surface area contributed by atoms with Crippen LogP contribution in [0.4, 0.5) is 10.6 Å².